The Balaban J connectivity index is 2.10. The fourth-order valence-corrected chi connectivity index (χ4v) is 2.33. The molecule has 0 unspecified atom stereocenters. The molecule has 5 heteroatoms. The summed E-state index contributed by atoms with van der Waals surface area (Å²) in [6.45, 7) is 0.285. The van der Waals surface area contributed by atoms with E-state index in [4.69, 9.17) is 14.2 Å². The number of rotatable bonds is 6. The Kier molecular flexibility index (Phi) is 5.44. The van der Waals surface area contributed by atoms with Gasteiger partial charge in [0.05, 0.1) is 14.2 Å². The minimum absolute atomic E-state index is 0.226. The highest BCUT2D eigenvalue weighted by Gasteiger charge is 2.07. The first-order chi connectivity index (χ1) is 10.2. The van der Waals surface area contributed by atoms with Gasteiger partial charge in [-0.2, -0.15) is 0 Å². The summed E-state index contributed by atoms with van der Waals surface area (Å²) in [6, 6.07) is 10.4. The molecule has 0 spiro atoms. The SMILES string of the molecule is COc1ccc(OCc2ccc(OC)c(F)c2)c(CBr)c1. The second-order valence-electron chi connectivity index (χ2n) is 4.36. The largest absolute Gasteiger partial charge is 0.497 e. The van der Waals surface area contributed by atoms with Crippen LogP contribution in [0.15, 0.2) is 36.4 Å². The summed E-state index contributed by atoms with van der Waals surface area (Å²) in [5, 5.41) is 0.649. The van der Waals surface area contributed by atoms with Crippen molar-refractivity contribution >= 4 is 15.9 Å². The lowest BCUT2D eigenvalue weighted by molar-refractivity contribution is 0.301. The minimum atomic E-state index is -0.394. The zero-order chi connectivity index (χ0) is 15.2. The third-order valence-corrected chi connectivity index (χ3v) is 3.63. The molecular weight excluding hydrogens is 339 g/mol. The van der Waals surface area contributed by atoms with E-state index in [9.17, 15) is 4.39 Å². The molecule has 0 heterocycles. The van der Waals surface area contributed by atoms with E-state index in [2.05, 4.69) is 15.9 Å². The number of ether oxygens (including phenoxy) is 3. The van der Waals surface area contributed by atoms with Crippen LogP contribution in [0, 0.1) is 5.82 Å². The second kappa shape index (κ2) is 7.31. The summed E-state index contributed by atoms with van der Waals surface area (Å²) in [7, 11) is 3.06. The number of methoxy groups -OCH3 is 2. The van der Waals surface area contributed by atoms with E-state index in [1.165, 1.54) is 13.2 Å². The Bertz CT molecular complexity index is 616. The number of halogens is 2. The van der Waals surface area contributed by atoms with Crippen LogP contribution in [-0.4, -0.2) is 14.2 Å². The van der Waals surface area contributed by atoms with Crippen LogP contribution in [0.4, 0.5) is 4.39 Å². The molecule has 0 aromatic heterocycles. The fourth-order valence-electron chi connectivity index (χ4n) is 1.89. The molecule has 0 saturated heterocycles. The lowest BCUT2D eigenvalue weighted by Gasteiger charge is -2.12. The van der Waals surface area contributed by atoms with Crippen molar-refractivity contribution in [3.63, 3.8) is 0 Å². The molecule has 0 aliphatic carbocycles. The molecule has 0 amide bonds. The van der Waals surface area contributed by atoms with Crippen molar-refractivity contribution in [2.45, 2.75) is 11.9 Å². The highest BCUT2D eigenvalue weighted by molar-refractivity contribution is 9.08. The van der Waals surface area contributed by atoms with Crippen molar-refractivity contribution < 1.29 is 18.6 Å². The molecular formula is C16H16BrFO3. The van der Waals surface area contributed by atoms with Gasteiger partial charge in [0.25, 0.3) is 0 Å². The summed E-state index contributed by atoms with van der Waals surface area (Å²) in [5.41, 5.74) is 1.72. The van der Waals surface area contributed by atoms with Gasteiger partial charge < -0.3 is 14.2 Å². The van der Waals surface area contributed by atoms with Crippen molar-refractivity contribution in [1.82, 2.24) is 0 Å². The summed E-state index contributed by atoms with van der Waals surface area (Å²) < 4.78 is 29.4. The predicted octanol–water partition coefficient (Wildman–Crippen LogP) is 4.32. The van der Waals surface area contributed by atoms with Crippen LogP contribution in [0.2, 0.25) is 0 Å². The lowest BCUT2D eigenvalue weighted by Crippen LogP contribution is -1.99. The molecule has 2 aromatic rings. The van der Waals surface area contributed by atoms with Crippen LogP contribution in [0.5, 0.6) is 17.2 Å². The number of hydrogen-bond acceptors (Lipinski definition) is 3. The first-order valence-electron chi connectivity index (χ1n) is 6.36. The van der Waals surface area contributed by atoms with Gasteiger partial charge in [-0.1, -0.05) is 22.0 Å². The van der Waals surface area contributed by atoms with Gasteiger partial charge in [0.15, 0.2) is 11.6 Å². The molecule has 0 radical (unpaired) electrons. The molecule has 112 valence electrons. The Morgan fingerprint density at radius 2 is 1.76 bits per heavy atom. The smallest absolute Gasteiger partial charge is 0.165 e. The summed E-state index contributed by atoms with van der Waals surface area (Å²) in [6.07, 6.45) is 0. The van der Waals surface area contributed by atoms with Crippen LogP contribution in [0.1, 0.15) is 11.1 Å². The number of benzene rings is 2. The molecule has 21 heavy (non-hydrogen) atoms. The van der Waals surface area contributed by atoms with E-state index < -0.39 is 5.82 Å². The van der Waals surface area contributed by atoms with Gasteiger partial charge >= 0.3 is 0 Å². The van der Waals surface area contributed by atoms with E-state index in [0.29, 0.717) is 5.33 Å². The van der Waals surface area contributed by atoms with E-state index in [0.717, 1.165) is 22.6 Å². The third kappa shape index (κ3) is 3.88. The van der Waals surface area contributed by atoms with E-state index in [-0.39, 0.29) is 12.4 Å². The Labute approximate surface area is 131 Å². The maximum absolute atomic E-state index is 13.6. The standard InChI is InChI=1S/C16H16BrFO3/c1-19-13-4-6-15(12(8-13)9-17)21-10-11-3-5-16(20-2)14(18)7-11/h3-8H,9-10H2,1-2H3. The van der Waals surface area contributed by atoms with Crippen LogP contribution in [0.25, 0.3) is 0 Å². The predicted molar refractivity (Wildman–Crippen MR) is 82.9 cm³/mol. The maximum Gasteiger partial charge on any atom is 0.165 e. The topological polar surface area (TPSA) is 27.7 Å². The van der Waals surface area contributed by atoms with Crippen LogP contribution >= 0.6 is 15.9 Å². The zero-order valence-corrected chi connectivity index (χ0v) is 13.4. The van der Waals surface area contributed by atoms with Crippen LogP contribution in [-0.2, 0) is 11.9 Å². The number of hydrogen-bond donors (Lipinski definition) is 0. The molecule has 2 aromatic carbocycles. The van der Waals surface area contributed by atoms with Crippen molar-refractivity contribution in [3.05, 3.63) is 53.3 Å². The third-order valence-electron chi connectivity index (χ3n) is 3.02. The van der Waals surface area contributed by atoms with Gasteiger partial charge in [-0.3, -0.25) is 0 Å². The summed E-state index contributed by atoms with van der Waals surface area (Å²) in [4.78, 5) is 0. The Morgan fingerprint density at radius 3 is 2.38 bits per heavy atom. The van der Waals surface area contributed by atoms with Crippen molar-refractivity contribution in [1.29, 1.82) is 0 Å². The van der Waals surface area contributed by atoms with Gasteiger partial charge in [-0.15, -0.1) is 0 Å². The molecule has 0 saturated carbocycles. The first-order valence-corrected chi connectivity index (χ1v) is 7.48. The second-order valence-corrected chi connectivity index (χ2v) is 4.93. The van der Waals surface area contributed by atoms with Crippen molar-refractivity contribution in [2.75, 3.05) is 14.2 Å². The molecule has 2 rings (SSSR count). The van der Waals surface area contributed by atoms with E-state index >= 15 is 0 Å². The highest BCUT2D eigenvalue weighted by Crippen LogP contribution is 2.27. The quantitative estimate of drug-likeness (QED) is 0.723. The van der Waals surface area contributed by atoms with Gasteiger partial charge in [-0.25, -0.2) is 4.39 Å². The summed E-state index contributed by atoms with van der Waals surface area (Å²) >= 11 is 3.42. The lowest BCUT2D eigenvalue weighted by atomic mass is 10.2. The molecule has 0 bridgehead atoms. The summed E-state index contributed by atoms with van der Waals surface area (Å²) in [5.74, 6) is 1.34. The molecule has 0 fully saturated rings. The Morgan fingerprint density at radius 1 is 1.00 bits per heavy atom. The maximum atomic E-state index is 13.6. The Hall–Kier alpha value is -1.75. The monoisotopic (exact) mass is 354 g/mol. The number of alkyl halides is 1. The average Bonchev–Trinajstić information content (AvgIpc) is 2.52. The minimum Gasteiger partial charge on any atom is -0.497 e. The zero-order valence-electron chi connectivity index (χ0n) is 11.9. The highest BCUT2D eigenvalue weighted by atomic mass is 79.9. The molecule has 0 aliphatic rings. The van der Waals surface area contributed by atoms with Crippen molar-refractivity contribution in [2.24, 2.45) is 0 Å². The van der Waals surface area contributed by atoms with Crippen LogP contribution in [0.3, 0.4) is 0 Å². The van der Waals surface area contributed by atoms with Gasteiger partial charge in [0.2, 0.25) is 0 Å². The van der Waals surface area contributed by atoms with Gasteiger partial charge in [0, 0.05) is 10.9 Å². The molecule has 3 nitrogen and oxygen atoms in total. The fraction of sp³-hybridized carbons (Fsp3) is 0.250. The van der Waals surface area contributed by atoms with Gasteiger partial charge in [0.1, 0.15) is 18.1 Å². The van der Waals surface area contributed by atoms with E-state index in [1.54, 1.807) is 19.2 Å². The molecule has 0 aliphatic heterocycles. The first kappa shape index (κ1) is 15.6. The normalized spacial score (nSPS) is 10.3. The van der Waals surface area contributed by atoms with Crippen LogP contribution < -0.4 is 14.2 Å². The van der Waals surface area contributed by atoms with E-state index in [1.807, 2.05) is 18.2 Å². The average molecular weight is 355 g/mol. The molecule has 0 atom stereocenters. The van der Waals surface area contributed by atoms with Gasteiger partial charge in [-0.05, 0) is 35.9 Å². The van der Waals surface area contributed by atoms with Crippen molar-refractivity contribution in [3.8, 4) is 17.2 Å². The molecule has 0 N–H and O–H groups in total.